The molecule has 0 aromatic rings. The minimum atomic E-state index is 0.887. The SMILES string of the molecule is C=C(CCC)NC(=S)CC.CC.CC. The Morgan fingerprint density at radius 3 is 1.86 bits per heavy atom. The molecule has 0 aliphatic carbocycles. The van der Waals surface area contributed by atoms with Crippen molar-refractivity contribution in [2.75, 3.05) is 0 Å². The first-order valence-electron chi connectivity index (χ1n) is 5.68. The lowest BCUT2D eigenvalue weighted by Gasteiger charge is -2.06. The van der Waals surface area contributed by atoms with Gasteiger partial charge in [0.2, 0.25) is 0 Å². The summed E-state index contributed by atoms with van der Waals surface area (Å²) in [6.07, 6.45) is 3.04. The molecule has 0 radical (unpaired) electrons. The van der Waals surface area contributed by atoms with E-state index in [9.17, 15) is 0 Å². The quantitative estimate of drug-likeness (QED) is 0.686. The molecule has 1 nitrogen and oxygen atoms in total. The smallest absolute Gasteiger partial charge is 0.0791 e. The third kappa shape index (κ3) is 17.6. The van der Waals surface area contributed by atoms with Gasteiger partial charge >= 0.3 is 0 Å². The summed E-state index contributed by atoms with van der Waals surface area (Å²) in [6, 6.07) is 0. The van der Waals surface area contributed by atoms with Crippen molar-refractivity contribution in [1.82, 2.24) is 5.32 Å². The summed E-state index contributed by atoms with van der Waals surface area (Å²) in [5.41, 5.74) is 1.04. The van der Waals surface area contributed by atoms with Gasteiger partial charge in [0, 0.05) is 5.70 Å². The molecule has 0 aliphatic rings. The summed E-state index contributed by atoms with van der Waals surface area (Å²) in [7, 11) is 0. The van der Waals surface area contributed by atoms with Crippen molar-refractivity contribution in [2.45, 2.75) is 60.8 Å². The van der Waals surface area contributed by atoms with E-state index >= 15 is 0 Å². The monoisotopic (exact) mass is 217 g/mol. The summed E-state index contributed by atoms with van der Waals surface area (Å²) >= 11 is 4.97. The maximum atomic E-state index is 4.97. The molecule has 0 heterocycles. The first kappa shape index (κ1) is 19.2. The van der Waals surface area contributed by atoms with Crippen LogP contribution in [-0.2, 0) is 0 Å². The van der Waals surface area contributed by atoms with E-state index in [2.05, 4.69) is 18.8 Å². The zero-order valence-corrected chi connectivity index (χ0v) is 11.6. The molecule has 14 heavy (non-hydrogen) atoms. The van der Waals surface area contributed by atoms with Gasteiger partial charge in [0.1, 0.15) is 0 Å². The van der Waals surface area contributed by atoms with Crippen molar-refractivity contribution >= 4 is 17.2 Å². The number of thiocarbonyl (C=S) groups is 1. The van der Waals surface area contributed by atoms with Gasteiger partial charge in [0.25, 0.3) is 0 Å². The van der Waals surface area contributed by atoms with Gasteiger partial charge in [0.15, 0.2) is 0 Å². The Balaban J connectivity index is -0.000000266. The van der Waals surface area contributed by atoms with Gasteiger partial charge < -0.3 is 5.32 Å². The van der Waals surface area contributed by atoms with E-state index in [0.717, 1.165) is 29.9 Å². The first-order chi connectivity index (χ1) is 6.70. The van der Waals surface area contributed by atoms with E-state index in [4.69, 9.17) is 12.2 Å². The predicted molar refractivity (Wildman–Crippen MR) is 72.8 cm³/mol. The van der Waals surface area contributed by atoms with E-state index < -0.39 is 0 Å². The highest BCUT2D eigenvalue weighted by atomic mass is 32.1. The molecule has 0 saturated heterocycles. The molecular formula is C12H27NS. The number of hydrogen-bond acceptors (Lipinski definition) is 1. The molecule has 0 aromatic heterocycles. The minimum absolute atomic E-state index is 0.887. The van der Waals surface area contributed by atoms with Crippen LogP contribution in [0.4, 0.5) is 0 Å². The molecular weight excluding hydrogens is 190 g/mol. The van der Waals surface area contributed by atoms with Crippen LogP contribution < -0.4 is 5.32 Å². The summed E-state index contributed by atoms with van der Waals surface area (Å²) in [4.78, 5) is 0.887. The highest BCUT2D eigenvalue weighted by Gasteiger charge is 1.93. The van der Waals surface area contributed by atoms with Crippen molar-refractivity contribution in [3.8, 4) is 0 Å². The van der Waals surface area contributed by atoms with Gasteiger partial charge in [-0.1, -0.05) is 66.8 Å². The van der Waals surface area contributed by atoms with Crippen molar-refractivity contribution in [3.63, 3.8) is 0 Å². The van der Waals surface area contributed by atoms with Gasteiger partial charge in [-0.05, 0) is 12.8 Å². The van der Waals surface area contributed by atoms with Crippen LogP contribution in [0.2, 0.25) is 0 Å². The summed E-state index contributed by atoms with van der Waals surface area (Å²) < 4.78 is 0. The van der Waals surface area contributed by atoms with Gasteiger partial charge in [-0.15, -0.1) is 0 Å². The molecule has 0 rings (SSSR count). The molecule has 0 bridgehead atoms. The van der Waals surface area contributed by atoms with Gasteiger partial charge in [-0.25, -0.2) is 0 Å². The Kier molecular flexibility index (Phi) is 25.3. The molecule has 0 aromatic carbocycles. The van der Waals surface area contributed by atoms with Gasteiger partial charge in [0.05, 0.1) is 4.99 Å². The zero-order chi connectivity index (χ0) is 12.0. The second kappa shape index (κ2) is 18.4. The van der Waals surface area contributed by atoms with E-state index in [0.29, 0.717) is 0 Å². The number of rotatable bonds is 4. The van der Waals surface area contributed by atoms with E-state index in [-0.39, 0.29) is 0 Å². The second-order valence-corrected chi connectivity index (χ2v) is 2.75. The van der Waals surface area contributed by atoms with E-state index in [1.807, 2.05) is 34.6 Å². The summed E-state index contributed by atoms with van der Waals surface area (Å²) in [5, 5.41) is 3.07. The van der Waals surface area contributed by atoms with Crippen LogP contribution in [0, 0.1) is 0 Å². The van der Waals surface area contributed by atoms with E-state index in [1.165, 1.54) is 0 Å². The van der Waals surface area contributed by atoms with Crippen LogP contribution in [0.15, 0.2) is 12.3 Å². The van der Waals surface area contributed by atoms with Crippen LogP contribution in [0.25, 0.3) is 0 Å². The fraction of sp³-hybridized carbons (Fsp3) is 0.750. The van der Waals surface area contributed by atoms with Crippen LogP contribution in [0.3, 0.4) is 0 Å². The summed E-state index contributed by atoms with van der Waals surface area (Å²) in [6.45, 7) is 16.0. The Bertz CT molecular complexity index is 130. The van der Waals surface area contributed by atoms with Crippen LogP contribution in [0.5, 0.6) is 0 Å². The molecule has 0 aliphatic heterocycles. The normalized spacial score (nSPS) is 7.29. The lowest BCUT2D eigenvalue weighted by molar-refractivity contribution is 0.858. The minimum Gasteiger partial charge on any atom is -0.354 e. The van der Waals surface area contributed by atoms with Crippen LogP contribution in [0.1, 0.15) is 60.8 Å². The maximum absolute atomic E-state index is 4.97. The molecule has 0 atom stereocenters. The molecule has 0 saturated carbocycles. The van der Waals surface area contributed by atoms with Gasteiger partial charge in [-0.2, -0.15) is 0 Å². The van der Waals surface area contributed by atoms with Gasteiger partial charge in [-0.3, -0.25) is 0 Å². The predicted octanol–water partition coefficient (Wildman–Crippen LogP) is 4.68. The average Bonchev–Trinajstić information content (AvgIpc) is 2.24. The average molecular weight is 217 g/mol. The molecule has 2 heteroatoms. The third-order valence-corrected chi connectivity index (χ3v) is 1.58. The fourth-order valence-corrected chi connectivity index (χ4v) is 0.794. The highest BCUT2D eigenvalue weighted by Crippen LogP contribution is 1.97. The van der Waals surface area contributed by atoms with Crippen LogP contribution in [-0.4, -0.2) is 4.99 Å². The molecule has 1 N–H and O–H groups in total. The Hall–Kier alpha value is -0.370. The van der Waals surface area contributed by atoms with Crippen molar-refractivity contribution in [3.05, 3.63) is 12.3 Å². The molecule has 0 unspecified atom stereocenters. The fourth-order valence-electron chi connectivity index (χ4n) is 0.650. The molecule has 0 spiro atoms. The number of hydrogen-bond donors (Lipinski definition) is 1. The van der Waals surface area contributed by atoms with E-state index in [1.54, 1.807) is 0 Å². The van der Waals surface area contributed by atoms with Crippen molar-refractivity contribution in [1.29, 1.82) is 0 Å². The second-order valence-electron chi connectivity index (χ2n) is 2.26. The Morgan fingerprint density at radius 1 is 1.14 bits per heavy atom. The Morgan fingerprint density at radius 2 is 1.57 bits per heavy atom. The molecule has 0 amide bonds. The highest BCUT2D eigenvalue weighted by molar-refractivity contribution is 7.80. The number of allylic oxidation sites excluding steroid dienone is 1. The third-order valence-electron chi connectivity index (χ3n) is 1.19. The molecule has 86 valence electrons. The number of nitrogens with one attached hydrogen (secondary N) is 1. The maximum Gasteiger partial charge on any atom is 0.0791 e. The van der Waals surface area contributed by atoms with Crippen molar-refractivity contribution < 1.29 is 0 Å². The summed E-state index contributed by atoms with van der Waals surface area (Å²) in [5.74, 6) is 0. The van der Waals surface area contributed by atoms with Crippen molar-refractivity contribution in [2.24, 2.45) is 0 Å². The first-order valence-corrected chi connectivity index (χ1v) is 6.09. The van der Waals surface area contributed by atoms with Crippen LogP contribution >= 0.6 is 12.2 Å². The lowest BCUT2D eigenvalue weighted by Crippen LogP contribution is -2.18. The largest absolute Gasteiger partial charge is 0.354 e. The zero-order valence-electron chi connectivity index (χ0n) is 10.7. The Labute approximate surface area is 96.0 Å². The topological polar surface area (TPSA) is 12.0 Å². The standard InChI is InChI=1S/C8H15NS.2C2H6/c1-4-6-7(3)9-8(10)5-2;2*1-2/h3-6H2,1-2H3,(H,9,10);2*1-2H3. The lowest BCUT2D eigenvalue weighted by atomic mass is 10.3. The molecule has 0 fully saturated rings.